The van der Waals surface area contributed by atoms with Crippen LogP contribution in [0.15, 0.2) is 60.8 Å². The van der Waals surface area contributed by atoms with Crippen LogP contribution in [0, 0.1) is 0 Å². The van der Waals surface area contributed by atoms with Crippen molar-refractivity contribution in [3.05, 3.63) is 77.6 Å². The van der Waals surface area contributed by atoms with Gasteiger partial charge in [-0.1, -0.05) is 48.9 Å². The van der Waals surface area contributed by atoms with Crippen LogP contribution >= 0.6 is 0 Å². The van der Waals surface area contributed by atoms with Gasteiger partial charge in [0.1, 0.15) is 0 Å². The van der Waals surface area contributed by atoms with E-state index in [1.165, 1.54) is 0 Å². The molecule has 1 aromatic heterocycles. The van der Waals surface area contributed by atoms with Crippen molar-refractivity contribution in [3.63, 3.8) is 0 Å². The number of nitrogens with zero attached hydrogens (tertiary/aromatic N) is 3. The fraction of sp³-hybridized carbons (Fsp3) is 0.238. The van der Waals surface area contributed by atoms with E-state index in [0.29, 0.717) is 24.4 Å². The van der Waals surface area contributed by atoms with Gasteiger partial charge in [-0.2, -0.15) is 0 Å². The normalized spacial score (nSPS) is 10.5. The molecule has 7 heteroatoms. The quantitative estimate of drug-likeness (QED) is 0.479. The van der Waals surface area contributed by atoms with E-state index in [0.717, 1.165) is 18.4 Å². The van der Waals surface area contributed by atoms with Gasteiger partial charge in [-0.15, -0.1) is 5.10 Å². The van der Waals surface area contributed by atoms with Crippen molar-refractivity contribution in [1.82, 2.24) is 15.0 Å². The van der Waals surface area contributed by atoms with E-state index in [-0.39, 0.29) is 17.6 Å². The smallest absolute Gasteiger partial charge is 0.338 e. The molecule has 1 N–H and O–H groups in total. The second kappa shape index (κ2) is 9.45. The maximum Gasteiger partial charge on any atom is 0.338 e. The number of rotatable bonds is 8. The summed E-state index contributed by atoms with van der Waals surface area (Å²) in [5.41, 5.74) is 2.30. The first-order chi connectivity index (χ1) is 13.7. The highest BCUT2D eigenvalue weighted by atomic mass is 16.5. The lowest BCUT2D eigenvalue weighted by Crippen LogP contribution is -2.13. The third-order valence-electron chi connectivity index (χ3n) is 4.07. The van der Waals surface area contributed by atoms with Crippen molar-refractivity contribution in [1.29, 1.82) is 0 Å². The number of ether oxygens (including phenoxy) is 1. The zero-order valence-electron chi connectivity index (χ0n) is 15.7. The molecule has 0 aliphatic carbocycles. The van der Waals surface area contributed by atoms with Gasteiger partial charge >= 0.3 is 5.97 Å². The molecule has 3 rings (SSSR count). The van der Waals surface area contributed by atoms with Crippen LogP contribution in [-0.2, 0) is 11.3 Å². The Balaban J connectivity index is 1.56. The van der Waals surface area contributed by atoms with Crippen molar-refractivity contribution in [2.45, 2.75) is 26.3 Å². The molecule has 0 aliphatic heterocycles. The summed E-state index contributed by atoms with van der Waals surface area (Å²) in [6, 6.07) is 16.4. The fourth-order valence-corrected chi connectivity index (χ4v) is 2.53. The highest BCUT2D eigenvalue weighted by Gasteiger charge is 2.12. The minimum Gasteiger partial charge on any atom is -0.462 e. The first-order valence-corrected chi connectivity index (χ1v) is 9.18. The summed E-state index contributed by atoms with van der Waals surface area (Å²) < 4.78 is 6.77. The number of hydrogen-bond acceptors (Lipinski definition) is 5. The van der Waals surface area contributed by atoms with Crippen LogP contribution in [0.2, 0.25) is 0 Å². The molecule has 7 nitrogen and oxygen atoms in total. The van der Waals surface area contributed by atoms with Crippen LogP contribution in [0.3, 0.4) is 0 Å². The van der Waals surface area contributed by atoms with Gasteiger partial charge in [0, 0.05) is 5.69 Å². The van der Waals surface area contributed by atoms with Gasteiger partial charge in [0.15, 0.2) is 5.69 Å². The van der Waals surface area contributed by atoms with Gasteiger partial charge < -0.3 is 10.1 Å². The molecule has 0 aliphatic rings. The number of carbonyl (C=O) groups excluding carboxylic acids is 2. The third kappa shape index (κ3) is 5.26. The Morgan fingerprint density at radius 2 is 1.82 bits per heavy atom. The molecule has 0 spiro atoms. The molecular formula is C21H22N4O3. The fourth-order valence-electron chi connectivity index (χ4n) is 2.53. The van der Waals surface area contributed by atoms with Crippen molar-refractivity contribution in [2.24, 2.45) is 0 Å². The van der Waals surface area contributed by atoms with Crippen molar-refractivity contribution >= 4 is 17.6 Å². The van der Waals surface area contributed by atoms with E-state index in [1.807, 2.05) is 37.3 Å². The number of nitrogens with one attached hydrogen (secondary N) is 1. The van der Waals surface area contributed by atoms with Gasteiger partial charge in [0.25, 0.3) is 5.91 Å². The molecule has 1 amide bonds. The summed E-state index contributed by atoms with van der Waals surface area (Å²) in [6.07, 6.45) is 3.40. The Morgan fingerprint density at radius 3 is 2.54 bits per heavy atom. The second-order valence-electron chi connectivity index (χ2n) is 6.31. The Bertz CT molecular complexity index is 920. The van der Waals surface area contributed by atoms with Gasteiger partial charge in [-0.05, 0) is 36.2 Å². The van der Waals surface area contributed by atoms with E-state index < -0.39 is 0 Å². The molecule has 0 saturated carbocycles. The summed E-state index contributed by atoms with van der Waals surface area (Å²) in [5.74, 6) is -0.729. The maximum atomic E-state index is 12.4. The number of hydrogen-bond donors (Lipinski definition) is 1. The molecular weight excluding hydrogens is 356 g/mol. The van der Waals surface area contributed by atoms with E-state index in [2.05, 4.69) is 15.6 Å². The van der Waals surface area contributed by atoms with Crippen molar-refractivity contribution in [2.75, 3.05) is 11.9 Å². The minimum absolute atomic E-state index is 0.221. The summed E-state index contributed by atoms with van der Waals surface area (Å²) >= 11 is 0. The lowest BCUT2D eigenvalue weighted by Gasteiger charge is -2.06. The van der Waals surface area contributed by atoms with Gasteiger partial charge in [0.05, 0.1) is 24.9 Å². The third-order valence-corrected chi connectivity index (χ3v) is 4.07. The lowest BCUT2D eigenvalue weighted by atomic mass is 10.2. The predicted molar refractivity (Wildman–Crippen MR) is 105 cm³/mol. The second-order valence-corrected chi connectivity index (χ2v) is 6.31. The van der Waals surface area contributed by atoms with Crippen LogP contribution in [0.1, 0.15) is 46.2 Å². The first-order valence-electron chi connectivity index (χ1n) is 9.18. The zero-order valence-corrected chi connectivity index (χ0v) is 15.7. The van der Waals surface area contributed by atoms with Crippen LogP contribution < -0.4 is 5.32 Å². The topological polar surface area (TPSA) is 86.1 Å². The van der Waals surface area contributed by atoms with Crippen LogP contribution in [0.4, 0.5) is 5.69 Å². The molecule has 0 fully saturated rings. The number of unbranched alkanes of at least 4 members (excludes halogenated alkanes) is 1. The summed E-state index contributed by atoms with van der Waals surface area (Å²) in [5, 5.41) is 10.7. The van der Waals surface area contributed by atoms with Crippen molar-refractivity contribution < 1.29 is 14.3 Å². The number of esters is 1. The Morgan fingerprint density at radius 1 is 1.07 bits per heavy atom. The average molecular weight is 378 g/mol. The van der Waals surface area contributed by atoms with Crippen LogP contribution in [-0.4, -0.2) is 33.5 Å². The molecule has 0 saturated heterocycles. The van der Waals surface area contributed by atoms with Gasteiger partial charge in [-0.3, -0.25) is 4.79 Å². The number of carbonyl (C=O) groups is 2. The molecule has 28 heavy (non-hydrogen) atoms. The number of anilines is 1. The van der Waals surface area contributed by atoms with E-state index in [4.69, 9.17) is 4.74 Å². The van der Waals surface area contributed by atoms with Crippen molar-refractivity contribution in [3.8, 4) is 0 Å². The zero-order chi connectivity index (χ0) is 19.8. The lowest BCUT2D eigenvalue weighted by molar-refractivity contribution is 0.0499. The van der Waals surface area contributed by atoms with E-state index in [1.54, 1.807) is 35.1 Å². The maximum absolute atomic E-state index is 12.4. The summed E-state index contributed by atoms with van der Waals surface area (Å²) in [4.78, 5) is 24.3. The molecule has 0 bridgehead atoms. The Hall–Kier alpha value is -3.48. The molecule has 144 valence electrons. The Kier molecular flexibility index (Phi) is 6.51. The molecule has 3 aromatic rings. The SMILES string of the molecule is CCCCOC(=O)c1ccc(NC(=O)c2cn(Cc3ccccc3)nn2)cc1. The predicted octanol–water partition coefficient (Wildman–Crippen LogP) is 3.54. The minimum atomic E-state index is -0.366. The molecule has 1 heterocycles. The Labute approximate surface area is 163 Å². The molecule has 0 radical (unpaired) electrons. The first kappa shape index (κ1) is 19.3. The van der Waals surface area contributed by atoms with E-state index >= 15 is 0 Å². The monoisotopic (exact) mass is 378 g/mol. The number of benzene rings is 2. The van der Waals surface area contributed by atoms with Crippen LogP contribution in [0.5, 0.6) is 0 Å². The standard InChI is InChI=1S/C21H22N4O3/c1-2-3-13-28-21(27)17-9-11-18(12-10-17)22-20(26)19-15-25(24-23-19)14-16-7-5-4-6-8-16/h4-12,15H,2-3,13-14H2,1H3,(H,22,26). The molecule has 0 atom stereocenters. The van der Waals surface area contributed by atoms with Gasteiger partial charge in [0.2, 0.25) is 0 Å². The number of amides is 1. The largest absolute Gasteiger partial charge is 0.462 e. The molecule has 2 aromatic carbocycles. The van der Waals surface area contributed by atoms with E-state index in [9.17, 15) is 9.59 Å². The van der Waals surface area contributed by atoms with Gasteiger partial charge in [-0.25, -0.2) is 9.48 Å². The van der Waals surface area contributed by atoms with Crippen LogP contribution in [0.25, 0.3) is 0 Å². The number of aromatic nitrogens is 3. The average Bonchev–Trinajstić information content (AvgIpc) is 3.18. The highest BCUT2D eigenvalue weighted by Crippen LogP contribution is 2.12. The summed E-state index contributed by atoms with van der Waals surface area (Å²) in [7, 11) is 0. The summed E-state index contributed by atoms with van der Waals surface area (Å²) in [6.45, 7) is 2.98. The molecule has 0 unspecified atom stereocenters. The highest BCUT2D eigenvalue weighted by molar-refractivity contribution is 6.02.